The topological polar surface area (TPSA) is 76.6 Å². The van der Waals surface area contributed by atoms with Gasteiger partial charge in [0.1, 0.15) is 11.5 Å². The molecular formula is C28H18Cl2N2O4. The maximum Gasteiger partial charge on any atom is 0.274 e. The smallest absolute Gasteiger partial charge is 0.274 e. The molecule has 0 N–H and O–H groups in total. The number of hydrogen-bond acceptors (Lipinski definition) is 4. The van der Waals surface area contributed by atoms with Gasteiger partial charge < -0.3 is 4.42 Å². The number of aryl methyl sites for hydroxylation is 1. The number of amides is 1. The highest BCUT2D eigenvalue weighted by molar-refractivity contribution is 6.35. The first-order valence-corrected chi connectivity index (χ1v) is 11.7. The van der Waals surface area contributed by atoms with E-state index in [2.05, 4.69) is 0 Å². The lowest BCUT2D eigenvalue weighted by Gasteiger charge is -2.21. The first-order valence-electron chi connectivity index (χ1n) is 11.0. The summed E-state index contributed by atoms with van der Waals surface area (Å²) in [6.45, 7) is 1.66. The van der Waals surface area contributed by atoms with Crippen LogP contribution in [0.3, 0.4) is 0 Å². The number of carbonyl (C=O) groups excluding carboxylic acids is 1. The maximum atomic E-state index is 13.6. The van der Waals surface area contributed by atoms with Crippen molar-refractivity contribution < 1.29 is 14.1 Å². The number of anilines is 1. The van der Waals surface area contributed by atoms with Crippen molar-refractivity contribution in [2.75, 3.05) is 4.90 Å². The van der Waals surface area contributed by atoms with Crippen LogP contribution in [0.1, 0.15) is 16.9 Å². The van der Waals surface area contributed by atoms with Gasteiger partial charge in [0.25, 0.3) is 11.6 Å². The van der Waals surface area contributed by atoms with Gasteiger partial charge in [-0.1, -0.05) is 59.6 Å². The quantitative estimate of drug-likeness (QED) is 0.153. The molecule has 0 saturated heterocycles. The number of halogens is 2. The molecule has 0 spiro atoms. The largest absolute Gasteiger partial charge is 0.457 e. The van der Waals surface area contributed by atoms with E-state index in [0.717, 1.165) is 5.56 Å². The Hall–Kier alpha value is -4.13. The molecule has 3 aromatic carbocycles. The lowest BCUT2D eigenvalue weighted by atomic mass is 10.1. The Morgan fingerprint density at radius 2 is 1.75 bits per heavy atom. The molecule has 1 aliphatic rings. The van der Waals surface area contributed by atoms with Crippen LogP contribution in [-0.2, 0) is 4.79 Å². The van der Waals surface area contributed by atoms with Crippen LogP contribution in [0.2, 0.25) is 10.0 Å². The standard InChI is InChI=1S/C28H18Cl2N2O4/c1-17-7-9-21(16-25(17)32(34)35)31-26(18-5-3-2-4-6-18)14-19(28(31)33)13-22-10-12-27(36-22)23-15-20(29)8-11-24(23)30/h2-16H,1H3/b19-13+. The van der Waals surface area contributed by atoms with Gasteiger partial charge in [-0.25, -0.2) is 0 Å². The minimum absolute atomic E-state index is 0.0563. The molecule has 0 radical (unpaired) electrons. The van der Waals surface area contributed by atoms with Gasteiger partial charge in [-0.15, -0.1) is 0 Å². The minimum atomic E-state index is -0.451. The predicted molar refractivity (Wildman–Crippen MR) is 142 cm³/mol. The molecular weight excluding hydrogens is 499 g/mol. The van der Waals surface area contributed by atoms with Gasteiger partial charge in [-0.2, -0.15) is 0 Å². The number of furan rings is 1. The van der Waals surface area contributed by atoms with Crippen molar-refractivity contribution in [2.24, 2.45) is 0 Å². The fraction of sp³-hybridized carbons (Fsp3) is 0.0357. The van der Waals surface area contributed by atoms with Gasteiger partial charge in [0.15, 0.2) is 0 Å². The summed E-state index contributed by atoms with van der Waals surface area (Å²) in [6, 6.07) is 22.7. The molecule has 0 aliphatic carbocycles. The molecule has 36 heavy (non-hydrogen) atoms. The third kappa shape index (κ3) is 4.44. The SMILES string of the molecule is Cc1ccc(N2C(=O)/C(=C/c3ccc(-c4cc(Cl)ccc4Cl)o3)C=C2c2ccccc2)cc1[N+](=O)[O-]. The molecule has 1 aromatic heterocycles. The fourth-order valence-electron chi connectivity index (χ4n) is 4.04. The van der Waals surface area contributed by atoms with Gasteiger partial charge in [0.2, 0.25) is 0 Å². The van der Waals surface area contributed by atoms with Crippen molar-refractivity contribution in [3.05, 3.63) is 128 Å². The Kier molecular flexibility index (Phi) is 6.22. The molecule has 6 nitrogen and oxygen atoms in total. The van der Waals surface area contributed by atoms with Gasteiger partial charge in [0.05, 0.1) is 21.3 Å². The number of carbonyl (C=O) groups is 1. The van der Waals surface area contributed by atoms with E-state index < -0.39 is 4.92 Å². The summed E-state index contributed by atoms with van der Waals surface area (Å²) in [5.41, 5.74) is 3.27. The summed E-state index contributed by atoms with van der Waals surface area (Å²) >= 11 is 12.4. The highest BCUT2D eigenvalue weighted by Crippen LogP contribution is 2.38. The second-order valence-corrected chi connectivity index (χ2v) is 9.03. The Balaban J connectivity index is 1.57. The molecule has 2 heterocycles. The van der Waals surface area contributed by atoms with Crippen LogP contribution in [-0.4, -0.2) is 10.8 Å². The Morgan fingerprint density at radius 3 is 2.50 bits per heavy atom. The summed E-state index contributed by atoms with van der Waals surface area (Å²) < 4.78 is 5.96. The molecule has 178 valence electrons. The molecule has 8 heteroatoms. The van der Waals surface area contributed by atoms with Crippen LogP contribution in [0.15, 0.2) is 94.9 Å². The third-order valence-electron chi connectivity index (χ3n) is 5.82. The van der Waals surface area contributed by atoms with Crippen LogP contribution >= 0.6 is 23.2 Å². The molecule has 5 rings (SSSR count). The lowest BCUT2D eigenvalue weighted by molar-refractivity contribution is -0.385. The van der Waals surface area contributed by atoms with Crippen LogP contribution in [0, 0.1) is 17.0 Å². The second kappa shape index (κ2) is 9.49. The Labute approximate surface area is 216 Å². The molecule has 1 amide bonds. The van der Waals surface area contributed by atoms with Crippen LogP contribution < -0.4 is 4.90 Å². The van der Waals surface area contributed by atoms with Crippen molar-refractivity contribution in [2.45, 2.75) is 6.92 Å². The van der Waals surface area contributed by atoms with Gasteiger partial charge in [0, 0.05) is 27.8 Å². The van der Waals surface area contributed by atoms with E-state index in [4.69, 9.17) is 27.6 Å². The second-order valence-electron chi connectivity index (χ2n) is 8.19. The van der Waals surface area contributed by atoms with E-state index in [-0.39, 0.29) is 11.6 Å². The normalized spacial score (nSPS) is 14.4. The molecule has 0 unspecified atom stereocenters. The van der Waals surface area contributed by atoms with E-state index in [1.807, 2.05) is 30.3 Å². The average Bonchev–Trinajstić information content (AvgIpc) is 3.46. The Morgan fingerprint density at radius 1 is 0.972 bits per heavy atom. The minimum Gasteiger partial charge on any atom is -0.457 e. The zero-order chi connectivity index (χ0) is 25.4. The van der Waals surface area contributed by atoms with Crippen LogP contribution in [0.25, 0.3) is 23.1 Å². The third-order valence-corrected chi connectivity index (χ3v) is 6.38. The van der Waals surface area contributed by atoms with Crippen molar-refractivity contribution in [1.82, 2.24) is 0 Å². The van der Waals surface area contributed by atoms with Crippen molar-refractivity contribution in [3.63, 3.8) is 0 Å². The van der Waals surface area contributed by atoms with Crippen LogP contribution in [0.5, 0.6) is 0 Å². The number of rotatable bonds is 5. The van der Waals surface area contributed by atoms with E-state index in [9.17, 15) is 14.9 Å². The number of nitro groups is 1. The monoisotopic (exact) mass is 516 g/mol. The van der Waals surface area contributed by atoms with Crippen molar-refractivity contribution in [3.8, 4) is 11.3 Å². The van der Waals surface area contributed by atoms with E-state index >= 15 is 0 Å². The first kappa shape index (κ1) is 23.6. The summed E-state index contributed by atoms with van der Waals surface area (Å²) in [4.78, 5) is 26.2. The molecule has 0 atom stereocenters. The summed E-state index contributed by atoms with van der Waals surface area (Å²) in [5.74, 6) is 0.633. The summed E-state index contributed by atoms with van der Waals surface area (Å²) in [6.07, 6.45) is 3.38. The number of benzene rings is 3. The molecule has 0 bridgehead atoms. The number of hydrogen-bond donors (Lipinski definition) is 0. The van der Waals surface area contributed by atoms with Gasteiger partial charge in [-0.3, -0.25) is 19.8 Å². The van der Waals surface area contributed by atoms with Crippen molar-refractivity contribution >= 4 is 52.3 Å². The molecule has 0 fully saturated rings. The summed E-state index contributed by atoms with van der Waals surface area (Å²) in [5, 5.41) is 12.5. The zero-order valence-electron chi connectivity index (χ0n) is 18.9. The van der Waals surface area contributed by atoms with E-state index in [1.165, 1.54) is 11.0 Å². The average molecular weight is 517 g/mol. The fourth-order valence-corrected chi connectivity index (χ4v) is 4.42. The highest BCUT2D eigenvalue weighted by atomic mass is 35.5. The van der Waals surface area contributed by atoms with Gasteiger partial charge >= 0.3 is 0 Å². The summed E-state index contributed by atoms with van der Waals surface area (Å²) in [7, 11) is 0. The lowest BCUT2D eigenvalue weighted by Crippen LogP contribution is -2.25. The Bertz CT molecular complexity index is 1570. The number of nitro benzene ring substituents is 1. The first-order chi connectivity index (χ1) is 17.3. The molecule has 4 aromatic rings. The van der Waals surface area contributed by atoms with E-state index in [0.29, 0.717) is 49.7 Å². The van der Waals surface area contributed by atoms with E-state index in [1.54, 1.807) is 61.5 Å². The molecule has 1 aliphatic heterocycles. The number of nitrogens with zero attached hydrogens (tertiary/aromatic N) is 2. The zero-order valence-corrected chi connectivity index (χ0v) is 20.5. The van der Waals surface area contributed by atoms with Gasteiger partial charge in [-0.05, 0) is 61.0 Å². The van der Waals surface area contributed by atoms with Crippen LogP contribution in [0.4, 0.5) is 11.4 Å². The molecule has 0 saturated carbocycles. The predicted octanol–water partition coefficient (Wildman–Crippen LogP) is 7.94. The highest BCUT2D eigenvalue weighted by Gasteiger charge is 2.32. The van der Waals surface area contributed by atoms with Crippen molar-refractivity contribution in [1.29, 1.82) is 0 Å². The maximum absolute atomic E-state index is 13.6.